The molecule has 1 heteroatoms. The van der Waals surface area contributed by atoms with Crippen LogP contribution in [0.25, 0.3) is 0 Å². The Hall–Kier alpha value is -1.04. The molecule has 0 aliphatic heterocycles. The van der Waals surface area contributed by atoms with E-state index in [1.54, 1.807) is 0 Å². The van der Waals surface area contributed by atoms with Crippen molar-refractivity contribution in [3.8, 4) is 0 Å². The molecule has 6 aliphatic carbocycles. The van der Waals surface area contributed by atoms with Crippen molar-refractivity contribution in [3.05, 3.63) is 82.6 Å². The van der Waals surface area contributed by atoms with Gasteiger partial charge < -0.3 is 12.8 Å². The largest absolute Gasteiger partial charge is 2.00 e. The smallest absolute Gasteiger partial charge is 0.325 e. The van der Waals surface area contributed by atoms with Crippen molar-refractivity contribution in [3.63, 3.8) is 0 Å². The van der Waals surface area contributed by atoms with Crippen molar-refractivity contribution < 1.29 is 17.1 Å². The quantitative estimate of drug-likeness (QED) is 0.202. The number of benzene rings is 2. The molecule has 0 spiro atoms. The minimum Gasteiger partial charge on any atom is -0.325 e. The summed E-state index contributed by atoms with van der Waals surface area (Å²) < 4.78 is 0. The Morgan fingerprint density at radius 2 is 0.860 bits per heavy atom. The summed E-state index contributed by atoms with van der Waals surface area (Å²) >= 11 is 0. The maximum atomic E-state index is 2.49. The van der Waals surface area contributed by atoms with E-state index >= 15 is 0 Å². The Kier molecular flexibility index (Phi) is 13.7. The summed E-state index contributed by atoms with van der Waals surface area (Å²) in [6, 6.07) is 14.4. The van der Waals surface area contributed by atoms with Gasteiger partial charge in [-0.2, -0.15) is 24.7 Å². The number of rotatable bonds is 0. The monoisotopic (exact) mass is 626 g/mol. The van der Waals surface area contributed by atoms with Crippen molar-refractivity contribution in [2.24, 2.45) is 22.7 Å². The summed E-state index contributed by atoms with van der Waals surface area (Å²) in [5.74, 6) is 1.77. The normalized spacial score (nSPS) is 20.7. The van der Waals surface area contributed by atoms with E-state index in [1.165, 1.54) is 71.9 Å². The van der Waals surface area contributed by atoms with E-state index < -0.39 is 0 Å². The van der Waals surface area contributed by atoms with Crippen LogP contribution in [-0.4, -0.2) is 0 Å². The van der Waals surface area contributed by atoms with E-state index in [9.17, 15) is 0 Å². The Labute approximate surface area is 279 Å². The standard InChI is InChI=1S/C24H32.2C9H17.Fe/c1-23(2,3)21-15-17-7-11-19(21)13-9-18-8-12-20(14-10-17)22(16-18)24(4,5)6;2*1-9(2,3)8-6-4-5-7-8;/h7-8,11-12,15-16H,9-10,13-14H2,1-6H3;2*6,8H,4-5,7H2,1-3H3;/q;2*-1;+2. The minimum absolute atomic E-state index is 0. The SMILES string of the molecule is CC(C)(C)C1[CH-]CCC1.CC(C)(C)C1[CH-]CCC1.CC(C)(C)c1cc2ccc1CCc1ccc(c(C(C)(C)C)c1)CC2.[Fe+2]. The van der Waals surface area contributed by atoms with Crippen LogP contribution in [0.2, 0.25) is 0 Å². The van der Waals surface area contributed by atoms with Gasteiger partial charge in [-0.25, -0.2) is 0 Å². The maximum Gasteiger partial charge on any atom is 2.00 e. The van der Waals surface area contributed by atoms with Gasteiger partial charge in [0, 0.05) is 0 Å². The van der Waals surface area contributed by atoms with Gasteiger partial charge in [0.1, 0.15) is 0 Å². The topological polar surface area (TPSA) is 0 Å². The van der Waals surface area contributed by atoms with Gasteiger partial charge >= 0.3 is 17.1 Å². The van der Waals surface area contributed by atoms with Crippen LogP contribution in [0.3, 0.4) is 0 Å². The fourth-order valence-corrected chi connectivity index (χ4v) is 7.07. The van der Waals surface area contributed by atoms with E-state index in [-0.39, 0.29) is 27.9 Å². The van der Waals surface area contributed by atoms with Crippen LogP contribution >= 0.6 is 0 Å². The number of hydrogen-bond donors (Lipinski definition) is 0. The fraction of sp³-hybridized carbons (Fsp3) is 0.667. The Morgan fingerprint density at radius 3 is 1.09 bits per heavy atom. The average Bonchev–Trinajstić information content (AvgIpc) is 3.60. The molecule has 8 rings (SSSR count). The number of hydrogen-bond acceptors (Lipinski definition) is 0. The van der Waals surface area contributed by atoms with Gasteiger partial charge in [-0.05, 0) is 69.9 Å². The zero-order valence-electron chi connectivity index (χ0n) is 30.2. The molecular weight excluding hydrogens is 560 g/mol. The second kappa shape index (κ2) is 15.5. The molecule has 6 aliphatic rings. The molecule has 2 saturated carbocycles. The molecule has 242 valence electrons. The van der Waals surface area contributed by atoms with Crippen molar-refractivity contribution in [1.29, 1.82) is 0 Å². The second-order valence-electron chi connectivity index (χ2n) is 17.8. The third-order valence-electron chi connectivity index (χ3n) is 9.90. The van der Waals surface area contributed by atoms with Crippen LogP contribution in [0, 0.1) is 35.5 Å². The summed E-state index contributed by atoms with van der Waals surface area (Å²) in [4.78, 5) is 0. The predicted octanol–water partition coefficient (Wildman–Crippen LogP) is 12.2. The van der Waals surface area contributed by atoms with Gasteiger partial charge in [-0.1, -0.05) is 156 Å². The molecule has 4 bridgehead atoms. The van der Waals surface area contributed by atoms with Crippen LogP contribution in [0.4, 0.5) is 0 Å². The van der Waals surface area contributed by atoms with Crippen molar-refractivity contribution in [2.45, 2.75) is 158 Å². The van der Waals surface area contributed by atoms with E-state index in [0.717, 1.165) is 37.5 Å². The molecule has 2 unspecified atom stereocenters. The fourth-order valence-electron chi connectivity index (χ4n) is 7.07. The molecule has 43 heavy (non-hydrogen) atoms. The third-order valence-corrected chi connectivity index (χ3v) is 9.90. The Morgan fingerprint density at radius 1 is 0.512 bits per heavy atom. The molecular formula is C42H66Fe. The van der Waals surface area contributed by atoms with Crippen LogP contribution in [0.1, 0.15) is 155 Å². The molecule has 2 atom stereocenters. The van der Waals surface area contributed by atoms with Gasteiger partial charge in [0.05, 0.1) is 0 Å². The van der Waals surface area contributed by atoms with Crippen LogP contribution in [-0.2, 0) is 53.6 Å². The van der Waals surface area contributed by atoms with Crippen molar-refractivity contribution in [2.75, 3.05) is 0 Å². The van der Waals surface area contributed by atoms with Gasteiger partial charge in [-0.15, -0.1) is 0 Å². The van der Waals surface area contributed by atoms with Crippen LogP contribution in [0.5, 0.6) is 0 Å². The molecule has 2 aromatic carbocycles. The maximum absolute atomic E-state index is 2.49. The van der Waals surface area contributed by atoms with Gasteiger partial charge in [0.25, 0.3) is 0 Å². The first-order valence-electron chi connectivity index (χ1n) is 17.3. The first-order chi connectivity index (χ1) is 19.4. The molecule has 0 saturated heterocycles. The van der Waals surface area contributed by atoms with Crippen molar-refractivity contribution in [1.82, 2.24) is 0 Å². The zero-order valence-corrected chi connectivity index (χ0v) is 31.3. The van der Waals surface area contributed by atoms with Crippen LogP contribution in [0.15, 0.2) is 36.4 Å². The Bertz CT molecular complexity index is 1020. The zero-order chi connectivity index (χ0) is 31.3. The summed E-state index contributed by atoms with van der Waals surface area (Å²) in [6.07, 6.45) is 17.9. The minimum atomic E-state index is 0. The first kappa shape index (κ1) is 38.1. The van der Waals surface area contributed by atoms with E-state index in [0.29, 0.717) is 10.8 Å². The molecule has 0 nitrogen and oxygen atoms in total. The first-order valence-corrected chi connectivity index (χ1v) is 17.3. The predicted molar refractivity (Wildman–Crippen MR) is 187 cm³/mol. The molecule has 2 fully saturated rings. The molecule has 0 radical (unpaired) electrons. The van der Waals surface area contributed by atoms with Crippen LogP contribution < -0.4 is 0 Å². The molecule has 0 heterocycles. The van der Waals surface area contributed by atoms with Gasteiger partial charge in [0.15, 0.2) is 0 Å². The van der Waals surface area contributed by atoms with Crippen molar-refractivity contribution >= 4 is 0 Å². The van der Waals surface area contributed by atoms with Gasteiger partial charge in [0.2, 0.25) is 0 Å². The molecule has 0 aromatic heterocycles. The molecule has 0 N–H and O–H groups in total. The van der Waals surface area contributed by atoms with E-state index in [1.807, 2.05) is 0 Å². The second-order valence-corrected chi connectivity index (χ2v) is 17.8. The summed E-state index contributed by atoms with van der Waals surface area (Å²) in [7, 11) is 0. The van der Waals surface area contributed by atoms with E-state index in [2.05, 4.69) is 132 Å². The molecule has 0 amide bonds. The number of aryl methyl sites for hydroxylation is 4. The van der Waals surface area contributed by atoms with Gasteiger partial charge in [-0.3, -0.25) is 0 Å². The summed E-state index contributed by atoms with van der Waals surface area (Å²) in [6.45, 7) is 28.0. The van der Waals surface area contributed by atoms with E-state index in [4.69, 9.17) is 0 Å². The summed E-state index contributed by atoms with van der Waals surface area (Å²) in [5, 5.41) is 0. The molecule has 2 aromatic rings. The third kappa shape index (κ3) is 11.7. The average molecular weight is 627 g/mol. The summed E-state index contributed by atoms with van der Waals surface area (Å²) in [5.41, 5.74) is 10.6. The Balaban J connectivity index is 0.000000278.